The van der Waals surface area contributed by atoms with Gasteiger partial charge in [-0.2, -0.15) is 0 Å². The first-order valence-electron chi connectivity index (χ1n) is 9.63. The third-order valence-corrected chi connectivity index (χ3v) is 6.97. The molecule has 2 saturated heterocycles. The van der Waals surface area contributed by atoms with Crippen LogP contribution in [0.15, 0.2) is 53.7 Å². The maximum Gasteiger partial charge on any atom is 0.241 e. The molecule has 2 aromatic rings. The number of carbonyl (C=O) groups excluding carboxylic acids is 1. The number of benzene rings is 1. The fraction of sp³-hybridized carbons (Fsp3) is 0.429. The van der Waals surface area contributed by atoms with E-state index in [9.17, 15) is 4.79 Å². The van der Waals surface area contributed by atoms with E-state index in [2.05, 4.69) is 47.0 Å². The van der Waals surface area contributed by atoms with Gasteiger partial charge in [0.2, 0.25) is 5.91 Å². The van der Waals surface area contributed by atoms with Gasteiger partial charge in [0, 0.05) is 41.7 Å². The highest BCUT2D eigenvalue weighted by Gasteiger charge is 2.34. The number of thioether (sulfide) groups is 1. The van der Waals surface area contributed by atoms with Crippen molar-refractivity contribution in [2.24, 2.45) is 0 Å². The summed E-state index contributed by atoms with van der Waals surface area (Å²) in [7, 11) is 0. The van der Waals surface area contributed by atoms with E-state index in [1.54, 1.807) is 12.4 Å². The molecular weight excluding hydrogens is 356 g/mol. The van der Waals surface area contributed by atoms with Crippen LogP contribution in [0.2, 0.25) is 0 Å². The Morgan fingerprint density at radius 3 is 2.59 bits per heavy atom. The highest BCUT2D eigenvalue weighted by atomic mass is 32.2. The average molecular weight is 383 g/mol. The zero-order chi connectivity index (χ0) is 18.6. The molecule has 0 saturated carbocycles. The van der Waals surface area contributed by atoms with E-state index in [0.717, 1.165) is 32.4 Å². The maximum atomic E-state index is 12.9. The summed E-state index contributed by atoms with van der Waals surface area (Å²) in [5.74, 6) is 0.221. The largest absolute Gasteiger partial charge is 0.341 e. The molecule has 27 heavy (non-hydrogen) atoms. The number of piperidine rings is 1. The molecule has 2 N–H and O–H groups in total. The predicted molar refractivity (Wildman–Crippen MR) is 108 cm³/mol. The SMILES string of the molecule is Cc1ccccc1SC1CCN(C(=O)C2CC(c3ccncc3)NN2)CC1. The number of rotatable bonds is 4. The summed E-state index contributed by atoms with van der Waals surface area (Å²) in [6.45, 7) is 3.86. The van der Waals surface area contributed by atoms with Crippen molar-refractivity contribution < 1.29 is 4.79 Å². The molecule has 142 valence electrons. The molecule has 3 heterocycles. The average Bonchev–Trinajstić information content (AvgIpc) is 3.21. The van der Waals surface area contributed by atoms with Gasteiger partial charge in [-0.05, 0) is 55.5 Å². The highest BCUT2D eigenvalue weighted by molar-refractivity contribution is 8.00. The van der Waals surface area contributed by atoms with Crippen LogP contribution in [0.25, 0.3) is 0 Å². The quantitative estimate of drug-likeness (QED) is 0.851. The van der Waals surface area contributed by atoms with Gasteiger partial charge in [0.1, 0.15) is 6.04 Å². The van der Waals surface area contributed by atoms with Crippen LogP contribution < -0.4 is 10.9 Å². The van der Waals surface area contributed by atoms with Crippen molar-refractivity contribution in [1.29, 1.82) is 0 Å². The summed E-state index contributed by atoms with van der Waals surface area (Å²) in [5, 5.41) is 0.592. The fourth-order valence-electron chi connectivity index (χ4n) is 3.82. The van der Waals surface area contributed by atoms with Crippen LogP contribution in [0, 0.1) is 6.92 Å². The van der Waals surface area contributed by atoms with Crippen LogP contribution in [-0.4, -0.2) is 40.2 Å². The Bertz CT molecular complexity index is 777. The molecule has 1 aromatic heterocycles. The first kappa shape index (κ1) is 18.5. The van der Waals surface area contributed by atoms with Crippen molar-refractivity contribution in [3.8, 4) is 0 Å². The standard InChI is InChI=1S/C21H26N4OS/c1-15-4-2-3-5-20(15)27-17-8-12-25(13-9-17)21(26)19-14-18(23-24-19)16-6-10-22-11-7-16/h2-7,10-11,17-19,23-24H,8-9,12-14H2,1H3. The third kappa shape index (κ3) is 4.34. The molecule has 2 aliphatic rings. The van der Waals surface area contributed by atoms with Crippen LogP contribution >= 0.6 is 11.8 Å². The maximum absolute atomic E-state index is 12.9. The fourth-order valence-corrected chi connectivity index (χ4v) is 5.03. The number of nitrogens with zero attached hydrogens (tertiary/aromatic N) is 2. The second-order valence-corrected chi connectivity index (χ2v) is 8.66. The lowest BCUT2D eigenvalue weighted by Crippen LogP contribution is -2.48. The Morgan fingerprint density at radius 2 is 1.85 bits per heavy atom. The number of aryl methyl sites for hydroxylation is 1. The molecule has 2 unspecified atom stereocenters. The molecule has 0 radical (unpaired) electrons. The van der Waals surface area contributed by atoms with Gasteiger partial charge in [-0.1, -0.05) is 18.2 Å². The van der Waals surface area contributed by atoms with Crippen molar-refractivity contribution in [3.05, 3.63) is 59.9 Å². The lowest BCUT2D eigenvalue weighted by Gasteiger charge is -2.33. The van der Waals surface area contributed by atoms with E-state index in [1.807, 2.05) is 28.8 Å². The third-order valence-electron chi connectivity index (χ3n) is 5.45. The van der Waals surface area contributed by atoms with Crippen molar-refractivity contribution in [3.63, 3.8) is 0 Å². The van der Waals surface area contributed by atoms with Gasteiger partial charge in [0.25, 0.3) is 0 Å². The van der Waals surface area contributed by atoms with E-state index < -0.39 is 0 Å². The Morgan fingerprint density at radius 1 is 1.11 bits per heavy atom. The molecule has 2 aliphatic heterocycles. The van der Waals surface area contributed by atoms with Crippen molar-refractivity contribution >= 4 is 17.7 Å². The number of aromatic nitrogens is 1. The zero-order valence-corrected chi connectivity index (χ0v) is 16.4. The van der Waals surface area contributed by atoms with Crippen molar-refractivity contribution in [2.45, 2.75) is 48.4 Å². The van der Waals surface area contributed by atoms with Crippen LogP contribution in [0.1, 0.15) is 36.4 Å². The molecule has 0 spiro atoms. The molecule has 5 nitrogen and oxygen atoms in total. The molecule has 1 aromatic carbocycles. The van der Waals surface area contributed by atoms with E-state index in [-0.39, 0.29) is 18.0 Å². The second kappa shape index (κ2) is 8.42. The molecular formula is C21H26N4OS. The lowest BCUT2D eigenvalue weighted by atomic mass is 10.0. The van der Waals surface area contributed by atoms with E-state index in [4.69, 9.17) is 0 Å². The molecule has 2 atom stereocenters. The normalized spacial score (nSPS) is 23.5. The molecule has 0 bridgehead atoms. The summed E-state index contributed by atoms with van der Waals surface area (Å²) in [5.41, 5.74) is 8.96. The first-order valence-corrected chi connectivity index (χ1v) is 10.5. The Labute approximate surface area is 164 Å². The molecule has 0 aliphatic carbocycles. The van der Waals surface area contributed by atoms with Gasteiger partial charge in [-0.25, -0.2) is 10.9 Å². The lowest BCUT2D eigenvalue weighted by molar-refractivity contribution is -0.134. The van der Waals surface area contributed by atoms with E-state index in [1.165, 1.54) is 16.0 Å². The highest BCUT2D eigenvalue weighted by Crippen LogP contribution is 2.32. The summed E-state index contributed by atoms with van der Waals surface area (Å²) >= 11 is 1.96. The Hall–Kier alpha value is -1.89. The summed E-state index contributed by atoms with van der Waals surface area (Å²) in [6, 6.07) is 12.6. The van der Waals surface area contributed by atoms with Crippen molar-refractivity contribution in [1.82, 2.24) is 20.7 Å². The van der Waals surface area contributed by atoms with E-state index >= 15 is 0 Å². The van der Waals surface area contributed by atoms with Gasteiger partial charge in [0.05, 0.1) is 0 Å². The number of hydrogen-bond acceptors (Lipinski definition) is 5. The topological polar surface area (TPSA) is 57.3 Å². The van der Waals surface area contributed by atoms with Crippen LogP contribution in [0.4, 0.5) is 0 Å². The number of pyridine rings is 1. The van der Waals surface area contributed by atoms with Crippen LogP contribution in [0.5, 0.6) is 0 Å². The summed E-state index contributed by atoms with van der Waals surface area (Å²) < 4.78 is 0. The van der Waals surface area contributed by atoms with Gasteiger partial charge in [-0.15, -0.1) is 11.8 Å². The number of carbonyl (C=O) groups is 1. The van der Waals surface area contributed by atoms with Gasteiger partial charge >= 0.3 is 0 Å². The molecule has 6 heteroatoms. The Balaban J connectivity index is 1.28. The van der Waals surface area contributed by atoms with Gasteiger partial charge in [0.15, 0.2) is 0 Å². The molecule has 4 rings (SSSR count). The van der Waals surface area contributed by atoms with E-state index in [0.29, 0.717) is 5.25 Å². The minimum absolute atomic E-state index is 0.149. The number of hydrogen-bond donors (Lipinski definition) is 2. The van der Waals surface area contributed by atoms with Gasteiger partial charge < -0.3 is 4.90 Å². The minimum Gasteiger partial charge on any atom is -0.341 e. The first-order chi connectivity index (χ1) is 13.2. The summed E-state index contributed by atoms with van der Waals surface area (Å²) in [6.07, 6.45) is 6.48. The zero-order valence-electron chi connectivity index (χ0n) is 15.6. The summed E-state index contributed by atoms with van der Waals surface area (Å²) in [4.78, 5) is 20.4. The minimum atomic E-state index is -0.149. The number of likely N-dealkylation sites (tertiary alicyclic amines) is 1. The molecule has 2 fully saturated rings. The van der Waals surface area contributed by atoms with Crippen molar-refractivity contribution in [2.75, 3.05) is 13.1 Å². The number of hydrazine groups is 1. The second-order valence-electron chi connectivity index (χ2n) is 7.32. The predicted octanol–water partition coefficient (Wildman–Crippen LogP) is 3.08. The van der Waals surface area contributed by atoms with Crippen LogP contribution in [0.3, 0.4) is 0 Å². The smallest absolute Gasteiger partial charge is 0.241 e. The number of nitrogens with one attached hydrogen (secondary N) is 2. The number of amides is 1. The van der Waals surface area contributed by atoms with Crippen LogP contribution in [-0.2, 0) is 4.79 Å². The molecule has 1 amide bonds. The van der Waals surface area contributed by atoms with Gasteiger partial charge in [-0.3, -0.25) is 9.78 Å². The Kier molecular flexibility index (Phi) is 5.76. The monoisotopic (exact) mass is 382 g/mol.